The second kappa shape index (κ2) is 10.6. The number of ether oxygens (including phenoxy) is 1. The lowest BCUT2D eigenvalue weighted by atomic mass is 10.2. The fourth-order valence-electron chi connectivity index (χ4n) is 3.63. The van der Waals surface area contributed by atoms with E-state index in [0.717, 1.165) is 11.3 Å². The molecule has 2 aromatic carbocycles. The minimum atomic E-state index is -0.361. The van der Waals surface area contributed by atoms with Crippen molar-refractivity contribution < 1.29 is 14.5 Å². The molecule has 164 valence electrons. The predicted molar refractivity (Wildman–Crippen MR) is 120 cm³/mol. The van der Waals surface area contributed by atoms with Crippen LogP contribution in [0.4, 0.5) is 11.4 Å². The molecule has 31 heavy (non-hydrogen) atoms. The molecule has 0 radical (unpaired) electrons. The molecule has 8 heteroatoms. The Kier molecular flexibility index (Phi) is 7.61. The van der Waals surface area contributed by atoms with E-state index >= 15 is 0 Å². The SMILES string of the molecule is C=CCOc1ccc(CN(C)CC(=O)N2CCN(c3ccccc3[N+](=O)[O-])CC2)cc1. The number of carbonyl (C=O) groups is 1. The Balaban J connectivity index is 1.48. The normalized spacial score (nSPS) is 13.9. The van der Waals surface area contributed by atoms with Crippen molar-refractivity contribution in [1.29, 1.82) is 0 Å². The van der Waals surface area contributed by atoms with Gasteiger partial charge in [0.2, 0.25) is 5.91 Å². The molecule has 2 aromatic rings. The molecular weight excluding hydrogens is 396 g/mol. The third-order valence-electron chi connectivity index (χ3n) is 5.20. The quantitative estimate of drug-likeness (QED) is 0.350. The Hall–Kier alpha value is -3.39. The van der Waals surface area contributed by atoms with Crippen molar-refractivity contribution in [3.05, 3.63) is 76.9 Å². The van der Waals surface area contributed by atoms with Gasteiger partial charge in [-0.05, 0) is 30.8 Å². The number of nitrogens with zero attached hydrogens (tertiary/aromatic N) is 4. The Morgan fingerprint density at radius 3 is 2.48 bits per heavy atom. The molecule has 0 aromatic heterocycles. The van der Waals surface area contributed by atoms with E-state index < -0.39 is 0 Å². The summed E-state index contributed by atoms with van der Waals surface area (Å²) in [6.45, 7) is 7.33. The highest BCUT2D eigenvalue weighted by Crippen LogP contribution is 2.28. The average molecular weight is 425 g/mol. The van der Waals surface area contributed by atoms with Crippen LogP contribution in [0.25, 0.3) is 0 Å². The molecular formula is C23H28N4O4. The molecule has 0 atom stereocenters. The van der Waals surface area contributed by atoms with Gasteiger partial charge in [-0.1, -0.05) is 36.9 Å². The van der Waals surface area contributed by atoms with E-state index in [1.54, 1.807) is 24.3 Å². The van der Waals surface area contributed by atoms with Crippen molar-refractivity contribution in [2.75, 3.05) is 51.3 Å². The maximum Gasteiger partial charge on any atom is 0.292 e. The van der Waals surface area contributed by atoms with Crippen LogP contribution in [-0.2, 0) is 11.3 Å². The number of nitro groups is 1. The first-order chi connectivity index (χ1) is 15.0. The van der Waals surface area contributed by atoms with Crippen molar-refractivity contribution in [2.24, 2.45) is 0 Å². The molecule has 1 aliphatic heterocycles. The van der Waals surface area contributed by atoms with Crippen LogP contribution in [0.3, 0.4) is 0 Å². The summed E-state index contributed by atoms with van der Waals surface area (Å²) in [7, 11) is 1.92. The number of rotatable bonds is 9. The number of amides is 1. The first kappa shape index (κ1) is 22.3. The maximum absolute atomic E-state index is 12.7. The van der Waals surface area contributed by atoms with Crippen molar-refractivity contribution in [3.63, 3.8) is 0 Å². The van der Waals surface area contributed by atoms with Crippen LogP contribution in [0.5, 0.6) is 5.75 Å². The summed E-state index contributed by atoms with van der Waals surface area (Å²) in [6, 6.07) is 14.5. The molecule has 3 rings (SSSR count). The summed E-state index contributed by atoms with van der Waals surface area (Å²) in [4.78, 5) is 29.4. The monoisotopic (exact) mass is 424 g/mol. The van der Waals surface area contributed by atoms with Crippen molar-refractivity contribution in [2.45, 2.75) is 6.54 Å². The van der Waals surface area contributed by atoms with Crippen molar-refractivity contribution in [3.8, 4) is 5.75 Å². The third-order valence-corrected chi connectivity index (χ3v) is 5.20. The number of carbonyl (C=O) groups excluding carboxylic acids is 1. The van der Waals surface area contributed by atoms with E-state index in [0.29, 0.717) is 51.6 Å². The van der Waals surface area contributed by atoms with E-state index in [9.17, 15) is 14.9 Å². The second-order valence-electron chi connectivity index (χ2n) is 7.53. The van der Waals surface area contributed by atoms with E-state index in [1.807, 2.05) is 46.0 Å². The number of nitro benzene ring substituents is 1. The molecule has 0 aliphatic carbocycles. The highest BCUT2D eigenvalue weighted by Gasteiger charge is 2.25. The average Bonchev–Trinajstić information content (AvgIpc) is 2.78. The van der Waals surface area contributed by atoms with E-state index in [4.69, 9.17) is 4.74 Å². The first-order valence-corrected chi connectivity index (χ1v) is 10.2. The van der Waals surface area contributed by atoms with Gasteiger partial charge in [0.25, 0.3) is 5.69 Å². The fourth-order valence-corrected chi connectivity index (χ4v) is 3.63. The molecule has 1 heterocycles. The van der Waals surface area contributed by atoms with Gasteiger partial charge in [0, 0.05) is 38.8 Å². The number of piperazine rings is 1. The number of anilines is 1. The maximum atomic E-state index is 12.7. The highest BCUT2D eigenvalue weighted by molar-refractivity contribution is 5.78. The number of para-hydroxylation sites is 2. The van der Waals surface area contributed by atoms with E-state index in [-0.39, 0.29) is 16.5 Å². The topological polar surface area (TPSA) is 79.2 Å². The van der Waals surface area contributed by atoms with Gasteiger partial charge in [-0.25, -0.2) is 0 Å². The van der Waals surface area contributed by atoms with Gasteiger partial charge in [-0.3, -0.25) is 19.8 Å². The molecule has 0 N–H and O–H groups in total. The Morgan fingerprint density at radius 2 is 1.84 bits per heavy atom. The summed E-state index contributed by atoms with van der Waals surface area (Å²) in [5.74, 6) is 0.856. The molecule has 0 bridgehead atoms. The van der Waals surface area contributed by atoms with Crippen LogP contribution in [0, 0.1) is 10.1 Å². The number of benzene rings is 2. The van der Waals surface area contributed by atoms with Crippen LogP contribution in [0.15, 0.2) is 61.2 Å². The summed E-state index contributed by atoms with van der Waals surface area (Å²) < 4.78 is 5.49. The molecule has 1 fully saturated rings. The molecule has 1 saturated heterocycles. The highest BCUT2D eigenvalue weighted by atomic mass is 16.6. The molecule has 0 spiro atoms. The van der Waals surface area contributed by atoms with E-state index in [1.165, 1.54) is 6.07 Å². The minimum absolute atomic E-state index is 0.0654. The van der Waals surface area contributed by atoms with Crippen LogP contribution >= 0.6 is 0 Å². The number of hydrogen-bond donors (Lipinski definition) is 0. The number of likely N-dealkylation sites (N-methyl/N-ethyl adjacent to an activating group) is 1. The smallest absolute Gasteiger partial charge is 0.292 e. The van der Waals surface area contributed by atoms with Crippen molar-refractivity contribution in [1.82, 2.24) is 9.80 Å². The minimum Gasteiger partial charge on any atom is -0.490 e. The van der Waals surface area contributed by atoms with Gasteiger partial charge in [0.1, 0.15) is 18.0 Å². The molecule has 0 unspecified atom stereocenters. The summed E-state index contributed by atoms with van der Waals surface area (Å²) in [6.07, 6.45) is 1.70. The van der Waals surface area contributed by atoms with Gasteiger partial charge in [-0.15, -0.1) is 0 Å². The van der Waals surface area contributed by atoms with Crippen LogP contribution in [0.1, 0.15) is 5.56 Å². The standard InChI is InChI=1S/C23H28N4O4/c1-3-16-31-20-10-8-19(9-11-20)17-24(2)18-23(28)26-14-12-25(13-15-26)21-6-4-5-7-22(21)27(29)30/h3-11H,1,12-18H2,2H3. The zero-order valence-electron chi connectivity index (χ0n) is 17.8. The first-order valence-electron chi connectivity index (χ1n) is 10.2. The lowest BCUT2D eigenvalue weighted by molar-refractivity contribution is -0.384. The lowest BCUT2D eigenvalue weighted by Gasteiger charge is -2.36. The van der Waals surface area contributed by atoms with Crippen LogP contribution in [0.2, 0.25) is 0 Å². The molecule has 0 saturated carbocycles. The number of hydrogen-bond acceptors (Lipinski definition) is 6. The zero-order chi connectivity index (χ0) is 22.2. The van der Waals surface area contributed by atoms with Crippen LogP contribution in [-0.4, -0.2) is 67.0 Å². The summed E-state index contributed by atoms with van der Waals surface area (Å²) in [5.41, 5.74) is 1.81. The molecule has 1 amide bonds. The summed E-state index contributed by atoms with van der Waals surface area (Å²) >= 11 is 0. The molecule has 8 nitrogen and oxygen atoms in total. The zero-order valence-corrected chi connectivity index (χ0v) is 17.8. The fraction of sp³-hybridized carbons (Fsp3) is 0.348. The lowest BCUT2D eigenvalue weighted by Crippen LogP contribution is -2.51. The largest absolute Gasteiger partial charge is 0.490 e. The van der Waals surface area contributed by atoms with Crippen LogP contribution < -0.4 is 9.64 Å². The van der Waals surface area contributed by atoms with Gasteiger partial charge in [0.05, 0.1) is 11.5 Å². The Labute approximate surface area is 182 Å². The molecule has 1 aliphatic rings. The Morgan fingerprint density at radius 1 is 1.16 bits per heavy atom. The third kappa shape index (κ3) is 6.05. The van der Waals surface area contributed by atoms with Gasteiger partial charge in [-0.2, -0.15) is 0 Å². The van der Waals surface area contributed by atoms with Gasteiger partial charge < -0.3 is 14.5 Å². The predicted octanol–water partition coefficient (Wildman–Crippen LogP) is 2.94. The van der Waals surface area contributed by atoms with Gasteiger partial charge >= 0.3 is 0 Å². The Bertz CT molecular complexity index is 908. The van der Waals surface area contributed by atoms with Crippen molar-refractivity contribution >= 4 is 17.3 Å². The van der Waals surface area contributed by atoms with E-state index in [2.05, 4.69) is 6.58 Å². The summed E-state index contributed by atoms with van der Waals surface area (Å²) in [5, 5.41) is 11.3. The van der Waals surface area contributed by atoms with Gasteiger partial charge in [0.15, 0.2) is 0 Å². The second-order valence-corrected chi connectivity index (χ2v) is 7.53.